The van der Waals surface area contributed by atoms with E-state index in [9.17, 15) is 13.6 Å². The van der Waals surface area contributed by atoms with Crippen LogP contribution in [0.15, 0.2) is 12.7 Å². The van der Waals surface area contributed by atoms with Gasteiger partial charge < -0.3 is 9.47 Å². The second-order valence-electron chi connectivity index (χ2n) is 2.84. The van der Waals surface area contributed by atoms with Crippen molar-refractivity contribution in [3.05, 3.63) is 12.7 Å². The largest absolute Gasteiger partial charge is 0.460 e. The fourth-order valence-corrected chi connectivity index (χ4v) is 0.572. The molecule has 0 fully saturated rings. The number of ether oxygens (including phenoxy) is 2. The summed E-state index contributed by atoms with van der Waals surface area (Å²) in [5.41, 5.74) is 0. The van der Waals surface area contributed by atoms with Crippen molar-refractivity contribution in [3.63, 3.8) is 0 Å². The quantitative estimate of drug-likeness (QED) is 0.379. The van der Waals surface area contributed by atoms with Crippen molar-refractivity contribution in [2.24, 2.45) is 0 Å². The molecule has 0 rings (SSSR count). The highest BCUT2D eigenvalue weighted by Gasteiger charge is 2.30. The summed E-state index contributed by atoms with van der Waals surface area (Å²) >= 11 is 0. The Hall–Kier alpha value is -0.970. The third kappa shape index (κ3) is 5.64. The van der Waals surface area contributed by atoms with Gasteiger partial charge in [0.05, 0.1) is 6.61 Å². The van der Waals surface area contributed by atoms with Crippen molar-refractivity contribution >= 4 is 5.97 Å². The second-order valence-corrected chi connectivity index (χ2v) is 2.84. The lowest BCUT2D eigenvalue weighted by Crippen LogP contribution is -2.31. The van der Waals surface area contributed by atoms with Crippen LogP contribution in [0.4, 0.5) is 8.78 Å². The molecule has 1 unspecified atom stereocenters. The Morgan fingerprint density at radius 3 is 2.57 bits per heavy atom. The van der Waals surface area contributed by atoms with Crippen LogP contribution in [0.1, 0.15) is 13.8 Å². The first-order chi connectivity index (χ1) is 6.38. The van der Waals surface area contributed by atoms with Gasteiger partial charge in [0.15, 0.2) is 0 Å². The van der Waals surface area contributed by atoms with Crippen molar-refractivity contribution in [2.45, 2.75) is 25.9 Å². The van der Waals surface area contributed by atoms with Gasteiger partial charge in [-0.1, -0.05) is 6.58 Å². The number of hydrogen-bond donors (Lipinski definition) is 0. The number of halogens is 2. The number of hydrogen-bond acceptors (Lipinski definition) is 3. The lowest BCUT2D eigenvalue weighted by Gasteiger charge is -2.19. The van der Waals surface area contributed by atoms with Gasteiger partial charge in [0.1, 0.15) is 12.7 Å². The number of alkyl halides is 2. The molecular formula is C9H14F2O3. The van der Waals surface area contributed by atoms with Crippen LogP contribution >= 0.6 is 0 Å². The van der Waals surface area contributed by atoms with Crippen LogP contribution in [0.5, 0.6) is 0 Å². The minimum Gasteiger partial charge on any atom is -0.460 e. The topological polar surface area (TPSA) is 35.5 Å². The molecule has 0 aliphatic heterocycles. The van der Waals surface area contributed by atoms with E-state index in [1.54, 1.807) is 0 Å². The van der Waals surface area contributed by atoms with Crippen LogP contribution < -0.4 is 0 Å². The molecule has 3 nitrogen and oxygen atoms in total. The molecule has 0 aromatic heterocycles. The average Bonchev–Trinajstić information content (AvgIpc) is 2.09. The molecule has 0 aromatic rings. The van der Waals surface area contributed by atoms with Gasteiger partial charge in [-0.25, -0.2) is 13.6 Å². The lowest BCUT2D eigenvalue weighted by atomic mass is 10.2. The van der Waals surface area contributed by atoms with Gasteiger partial charge in [0.2, 0.25) is 0 Å². The van der Waals surface area contributed by atoms with Gasteiger partial charge in [-0.2, -0.15) is 0 Å². The Bertz CT molecular complexity index is 199. The fourth-order valence-electron chi connectivity index (χ4n) is 0.572. The summed E-state index contributed by atoms with van der Waals surface area (Å²) in [5, 5.41) is 0. The van der Waals surface area contributed by atoms with E-state index >= 15 is 0 Å². The normalized spacial score (nSPS) is 13.4. The van der Waals surface area contributed by atoms with Gasteiger partial charge in [-0.05, 0) is 6.92 Å². The molecule has 0 radical (unpaired) electrons. The van der Waals surface area contributed by atoms with Gasteiger partial charge in [0, 0.05) is 13.0 Å². The first-order valence-corrected chi connectivity index (χ1v) is 4.16. The second kappa shape index (κ2) is 5.70. The maximum absolute atomic E-state index is 12.5. The molecule has 0 aliphatic carbocycles. The monoisotopic (exact) mass is 208 g/mol. The first kappa shape index (κ1) is 13.0. The van der Waals surface area contributed by atoms with E-state index in [1.165, 1.54) is 6.92 Å². The van der Waals surface area contributed by atoms with Crippen LogP contribution in [-0.4, -0.2) is 31.2 Å². The summed E-state index contributed by atoms with van der Waals surface area (Å²) < 4.78 is 34.3. The minimum atomic E-state index is -2.89. The molecule has 0 spiro atoms. The van der Waals surface area contributed by atoms with Crippen LogP contribution in [0.25, 0.3) is 0 Å². The Morgan fingerprint density at radius 2 is 2.14 bits per heavy atom. The number of rotatable bonds is 6. The van der Waals surface area contributed by atoms with Crippen molar-refractivity contribution in [1.82, 2.24) is 0 Å². The molecule has 5 heteroatoms. The number of carbonyl (C=O) groups excluding carboxylic acids is 1. The highest BCUT2D eigenvalue weighted by Crippen LogP contribution is 2.19. The SMILES string of the molecule is C=CC(=O)OCCOC(C)C(C)(F)F. The van der Waals surface area contributed by atoms with Gasteiger partial charge in [-0.3, -0.25) is 0 Å². The zero-order valence-electron chi connectivity index (χ0n) is 8.26. The molecule has 0 bridgehead atoms. The third-order valence-corrected chi connectivity index (χ3v) is 1.58. The van der Waals surface area contributed by atoms with E-state index < -0.39 is 18.0 Å². The predicted molar refractivity (Wildman–Crippen MR) is 47.2 cm³/mol. The predicted octanol–water partition coefficient (Wildman–Crippen LogP) is 1.78. The third-order valence-electron chi connectivity index (χ3n) is 1.58. The maximum atomic E-state index is 12.5. The first-order valence-electron chi connectivity index (χ1n) is 4.16. The van der Waals surface area contributed by atoms with Crippen LogP contribution in [-0.2, 0) is 14.3 Å². The summed E-state index contributed by atoms with van der Waals surface area (Å²) in [5.74, 6) is -3.48. The van der Waals surface area contributed by atoms with Crippen molar-refractivity contribution in [2.75, 3.05) is 13.2 Å². The Morgan fingerprint density at radius 1 is 1.57 bits per heavy atom. The van der Waals surface area contributed by atoms with Crippen molar-refractivity contribution in [1.29, 1.82) is 0 Å². The van der Waals surface area contributed by atoms with Gasteiger partial charge in [0.25, 0.3) is 5.92 Å². The number of esters is 1. The van der Waals surface area contributed by atoms with Crippen molar-refractivity contribution in [3.8, 4) is 0 Å². The van der Waals surface area contributed by atoms with E-state index in [0.717, 1.165) is 13.0 Å². The minimum absolute atomic E-state index is 0.0503. The average molecular weight is 208 g/mol. The molecule has 0 aromatic carbocycles. The molecule has 0 saturated heterocycles. The molecule has 0 aliphatic rings. The van der Waals surface area contributed by atoms with Crippen LogP contribution in [0.3, 0.4) is 0 Å². The molecule has 0 N–H and O–H groups in total. The molecule has 0 amide bonds. The summed E-state index contributed by atoms with van der Waals surface area (Å²) in [7, 11) is 0. The Balaban J connectivity index is 3.55. The molecule has 0 heterocycles. The van der Waals surface area contributed by atoms with Gasteiger partial charge >= 0.3 is 5.97 Å². The fraction of sp³-hybridized carbons (Fsp3) is 0.667. The standard InChI is InChI=1S/C9H14F2O3/c1-4-8(12)14-6-5-13-7(2)9(3,10)11/h4,7H,1,5-6H2,2-3H3. The zero-order chi connectivity index (χ0) is 11.2. The van der Waals surface area contributed by atoms with E-state index in [4.69, 9.17) is 4.74 Å². The highest BCUT2D eigenvalue weighted by molar-refractivity contribution is 5.81. The van der Waals surface area contributed by atoms with E-state index in [2.05, 4.69) is 11.3 Å². The van der Waals surface area contributed by atoms with E-state index in [-0.39, 0.29) is 13.2 Å². The molecule has 82 valence electrons. The van der Waals surface area contributed by atoms with Crippen LogP contribution in [0, 0.1) is 0 Å². The van der Waals surface area contributed by atoms with E-state index in [0.29, 0.717) is 0 Å². The zero-order valence-corrected chi connectivity index (χ0v) is 8.26. The molecule has 0 saturated carbocycles. The summed E-state index contributed by atoms with van der Waals surface area (Å²) in [6.07, 6.45) is -0.192. The Kier molecular flexibility index (Phi) is 5.30. The molecular weight excluding hydrogens is 194 g/mol. The van der Waals surface area contributed by atoms with Crippen molar-refractivity contribution < 1.29 is 23.0 Å². The maximum Gasteiger partial charge on any atom is 0.330 e. The Labute approximate surface area is 81.7 Å². The summed E-state index contributed by atoms with van der Waals surface area (Å²) in [6.45, 7) is 5.11. The highest BCUT2D eigenvalue weighted by atomic mass is 19.3. The van der Waals surface area contributed by atoms with Gasteiger partial charge in [-0.15, -0.1) is 0 Å². The number of carbonyl (C=O) groups is 1. The molecule has 1 atom stereocenters. The molecule has 14 heavy (non-hydrogen) atoms. The lowest BCUT2D eigenvalue weighted by molar-refractivity contribution is -0.145. The van der Waals surface area contributed by atoms with Crippen LogP contribution in [0.2, 0.25) is 0 Å². The smallest absolute Gasteiger partial charge is 0.330 e. The summed E-state index contributed by atoms with van der Waals surface area (Å²) in [4.78, 5) is 10.5. The van der Waals surface area contributed by atoms with E-state index in [1.807, 2.05) is 0 Å². The summed E-state index contributed by atoms with van der Waals surface area (Å²) in [6, 6.07) is 0.